The normalized spacial score (nSPS) is 15.8. The highest BCUT2D eigenvalue weighted by atomic mass is 32.2. The zero-order valence-electron chi connectivity index (χ0n) is 19.8. The van der Waals surface area contributed by atoms with Crippen molar-refractivity contribution in [3.63, 3.8) is 0 Å². The van der Waals surface area contributed by atoms with E-state index in [0.29, 0.717) is 38.0 Å². The van der Waals surface area contributed by atoms with Crippen molar-refractivity contribution in [2.24, 2.45) is 0 Å². The van der Waals surface area contributed by atoms with E-state index in [1.54, 1.807) is 26.8 Å². The van der Waals surface area contributed by atoms with Gasteiger partial charge < -0.3 is 10.1 Å². The number of hydrogen-bond acceptors (Lipinski definition) is 5. The Kier molecular flexibility index (Phi) is 7.95. The second-order valence-corrected chi connectivity index (χ2v) is 11.1. The molecule has 1 saturated heterocycles. The number of hydrogen-bond donors (Lipinski definition) is 2. The second kappa shape index (κ2) is 10.4. The predicted octanol–water partition coefficient (Wildman–Crippen LogP) is 3.44. The molecule has 0 bridgehead atoms. The third kappa shape index (κ3) is 6.74. The summed E-state index contributed by atoms with van der Waals surface area (Å²) < 4.78 is 60.0. The zero-order valence-corrected chi connectivity index (χ0v) is 20.6. The molecule has 1 aliphatic heterocycles. The Balaban J connectivity index is 1.63. The maximum atomic E-state index is 13.4. The monoisotopic (exact) mass is 495 g/mol. The van der Waals surface area contributed by atoms with Crippen LogP contribution in [0.2, 0.25) is 0 Å². The fourth-order valence-corrected chi connectivity index (χ4v) is 5.50. The number of amides is 1. The molecule has 0 radical (unpaired) electrons. The Labute approximate surface area is 199 Å². The number of likely N-dealkylation sites (tertiary alicyclic amines) is 1. The quantitative estimate of drug-likeness (QED) is 0.615. The maximum absolute atomic E-state index is 13.4. The molecule has 0 spiro atoms. The van der Waals surface area contributed by atoms with E-state index < -0.39 is 27.2 Å². The average Bonchev–Trinajstić information content (AvgIpc) is 2.75. The summed E-state index contributed by atoms with van der Waals surface area (Å²) in [6.45, 7) is 7.05. The van der Waals surface area contributed by atoms with Crippen molar-refractivity contribution >= 4 is 15.9 Å². The molecule has 0 atom stereocenters. The molecule has 10 heteroatoms. The van der Waals surface area contributed by atoms with E-state index in [0.717, 1.165) is 6.07 Å². The number of benzene rings is 2. The van der Waals surface area contributed by atoms with Gasteiger partial charge in [0, 0.05) is 36.8 Å². The lowest BCUT2D eigenvalue weighted by atomic mass is 10.0. The van der Waals surface area contributed by atoms with Crippen molar-refractivity contribution in [3.05, 3.63) is 59.2 Å². The fourth-order valence-electron chi connectivity index (χ4n) is 3.89. The van der Waals surface area contributed by atoms with Crippen LogP contribution in [0.1, 0.15) is 49.5 Å². The molecular formula is C24H31F2N3O4S. The zero-order chi connectivity index (χ0) is 25.1. The van der Waals surface area contributed by atoms with E-state index >= 15 is 0 Å². The van der Waals surface area contributed by atoms with Crippen molar-refractivity contribution in [2.75, 3.05) is 20.2 Å². The molecule has 0 aromatic heterocycles. The van der Waals surface area contributed by atoms with Crippen LogP contribution in [-0.4, -0.2) is 51.0 Å². The molecule has 0 aliphatic carbocycles. The van der Waals surface area contributed by atoms with Crippen LogP contribution in [0.5, 0.6) is 5.75 Å². The van der Waals surface area contributed by atoms with Crippen LogP contribution in [0.15, 0.2) is 41.3 Å². The van der Waals surface area contributed by atoms with E-state index in [4.69, 9.17) is 4.74 Å². The van der Waals surface area contributed by atoms with Gasteiger partial charge in [0.25, 0.3) is 5.91 Å². The lowest BCUT2D eigenvalue weighted by Gasteiger charge is -2.32. The average molecular weight is 496 g/mol. The predicted molar refractivity (Wildman–Crippen MR) is 125 cm³/mol. The van der Waals surface area contributed by atoms with Crippen molar-refractivity contribution in [2.45, 2.75) is 56.6 Å². The number of nitrogens with zero attached hydrogens (tertiary/aromatic N) is 1. The number of halogens is 2. The second-order valence-electron chi connectivity index (χ2n) is 9.49. The number of carbonyl (C=O) groups excluding carboxylic acids is 1. The largest absolute Gasteiger partial charge is 0.495 e. The summed E-state index contributed by atoms with van der Waals surface area (Å²) in [7, 11) is -2.53. The summed E-state index contributed by atoms with van der Waals surface area (Å²) in [6.07, 6.45) is 1.37. The van der Waals surface area contributed by atoms with Gasteiger partial charge in [0.2, 0.25) is 10.0 Å². The smallest absolute Gasteiger partial charge is 0.251 e. The molecule has 186 valence electrons. The SMILES string of the molecule is COc1ccc(C(=O)NC2CCN(Cc3ccc(F)c(F)c3)CC2)cc1S(=O)(=O)NC(C)(C)C. The summed E-state index contributed by atoms with van der Waals surface area (Å²) in [6, 6.07) is 8.13. The van der Waals surface area contributed by atoms with Gasteiger partial charge in [0.1, 0.15) is 10.6 Å². The number of sulfonamides is 1. The number of methoxy groups -OCH3 is 1. The number of ether oxygens (including phenoxy) is 1. The highest BCUT2D eigenvalue weighted by Gasteiger charge is 2.27. The van der Waals surface area contributed by atoms with Gasteiger partial charge in [-0.1, -0.05) is 6.07 Å². The van der Waals surface area contributed by atoms with E-state index in [9.17, 15) is 22.0 Å². The number of carbonyl (C=O) groups is 1. The molecular weight excluding hydrogens is 464 g/mol. The molecule has 34 heavy (non-hydrogen) atoms. The lowest BCUT2D eigenvalue weighted by Crippen LogP contribution is -2.44. The molecule has 1 amide bonds. The van der Waals surface area contributed by atoms with Crippen LogP contribution in [-0.2, 0) is 16.6 Å². The fraction of sp³-hybridized carbons (Fsp3) is 0.458. The molecule has 0 saturated carbocycles. The van der Waals surface area contributed by atoms with E-state index in [2.05, 4.69) is 14.9 Å². The molecule has 2 N–H and O–H groups in total. The first-order chi connectivity index (χ1) is 15.9. The Morgan fingerprint density at radius 3 is 2.35 bits per heavy atom. The maximum Gasteiger partial charge on any atom is 0.251 e. The van der Waals surface area contributed by atoms with Gasteiger partial charge in [-0.2, -0.15) is 0 Å². The summed E-state index contributed by atoms with van der Waals surface area (Å²) in [5, 5.41) is 2.97. The molecule has 3 rings (SSSR count). The van der Waals surface area contributed by atoms with Gasteiger partial charge in [-0.05, 0) is 69.5 Å². The van der Waals surface area contributed by atoms with Crippen molar-refractivity contribution < 1.29 is 26.7 Å². The molecule has 1 fully saturated rings. The third-order valence-corrected chi connectivity index (χ3v) is 7.25. The van der Waals surface area contributed by atoms with Gasteiger partial charge in [-0.3, -0.25) is 9.69 Å². The van der Waals surface area contributed by atoms with Gasteiger partial charge >= 0.3 is 0 Å². The molecule has 1 heterocycles. The van der Waals surface area contributed by atoms with Crippen LogP contribution in [0.3, 0.4) is 0 Å². The molecule has 2 aromatic carbocycles. The minimum Gasteiger partial charge on any atom is -0.495 e. The third-order valence-electron chi connectivity index (χ3n) is 5.47. The Morgan fingerprint density at radius 2 is 1.76 bits per heavy atom. The van der Waals surface area contributed by atoms with E-state index in [1.165, 1.54) is 31.4 Å². The first-order valence-electron chi connectivity index (χ1n) is 11.1. The minimum atomic E-state index is -3.90. The van der Waals surface area contributed by atoms with Crippen LogP contribution in [0.4, 0.5) is 8.78 Å². The number of nitrogens with one attached hydrogen (secondary N) is 2. The Morgan fingerprint density at radius 1 is 1.09 bits per heavy atom. The van der Waals surface area contributed by atoms with Crippen molar-refractivity contribution in [1.29, 1.82) is 0 Å². The van der Waals surface area contributed by atoms with Crippen LogP contribution in [0.25, 0.3) is 0 Å². The van der Waals surface area contributed by atoms with Crippen molar-refractivity contribution in [1.82, 2.24) is 14.9 Å². The topological polar surface area (TPSA) is 87.7 Å². The number of piperidine rings is 1. The van der Waals surface area contributed by atoms with Gasteiger partial charge in [0.05, 0.1) is 7.11 Å². The highest BCUT2D eigenvalue weighted by molar-refractivity contribution is 7.89. The van der Waals surface area contributed by atoms with Crippen LogP contribution >= 0.6 is 0 Å². The number of rotatable bonds is 7. The summed E-state index contributed by atoms with van der Waals surface area (Å²) >= 11 is 0. The standard InChI is InChI=1S/C24H31F2N3O4S/c1-24(2,3)28-34(31,32)22-14-17(6-8-21(22)33-4)23(30)27-18-9-11-29(12-10-18)15-16-5-7-19(25)20(26)13-16/h5-8,13-14,18,28H,9-12,15H2,1-4H3,(H,27,30). The summed E-state index contributed by atoms with van der Waals surface area (Å²) in [5.41, 5.74) is 0.215. The van der Waals surface area contributed by atoms with Gasteiger partial charge in [-0.15, -0.1) is 0 Å². The molecule has 1 aliphatic rings. The summed E-state index contributed by atoms with van der Waals surface area (Å²) in [4.78, 5) is 14.9. The van der Waals surface area contributed by atoms with Gasteiger partial charge in [-0.25, -0.2) is 21.9 Å². The first-order valence-corrected chi connectivity index (χ1v) is 12.6. The van der Waals surface area contributed by atoms with E-state index in [-0.39, 0.29) is 28.2 Å². The Bertz CT molecular complexity index is 1140. The minimum absolute atomic E-state index is 0.0800. The van der Waals surface area contributed by atoms with E-state index in [1.807, 2.05) is 0 Å². The molecule has 7 nitrogen and oxygen atoms in total. The lowest BCUT2D eigenvalue weighted by molar-refractivity contribution is 0.0908. The van der Waals surface area contributed by atoms with Crippen molar-refractivity contribution in [3.8, 4) is 5.75 Å². The van der Waals surface area contributed by atoms with Crippen LogP contribution < -0.4 is 14.8 Å². The molecule has 2 aromatic rings. The highest BCUT2D eigenvalue weighted by Crippen LogP contribution is 2.26. The van der Waals surface area contributed by atoms with Gasteiger partial charge in [0.15, 0.2) is 11.6 Å². The molecule has 0 unspecified atom stereocenters. The summed E-state index contributed by atoms with van der Waals surface area (Å²) in [5.74, 6) is -1.94. The Hall–Kier alpha value is -2.56. The first kappa shape index (κ1) is 26.1. The van der Waals surface area contributed by atoms with Crippen LogP contribution in [0, 0.1) is 11.6 Å².